The standard InChI is InChI=1S/C27H23F2N5O3/c1-2-34-16-17(15-31-34)23-14-21(9-12-30-23)37-24-8-7-20(13-22(24)29)33-26(36)27(10-11-27)25(35)32-19-5-3-18(28)4-6-19/h3-9,12-16H,2,10-11H2,1H3,(H,32,35)(H,33,36). The molecule has 0 saturated heterocycles. The van der Waals surface area contributed by atoms with Gasteiger partial charge in [-0.15, -0.1) is 0 Å². The van der Waals surface area contributed by atoms with Crippen LogP contribution in [0.2, 0.25) is 0 Å². The van der Waals surface area contributed by atoms with Crippen molar-refractivity contribution in [2.45, 2.75) is 26.3 Å². The van der Waals surface area contributed by atoms with Gasteiger partial charge >= 0.3 is 0 Å². The predicted molar refractivity (Wildman–Crippen MR) is 133 cm³/mol. The van der Waals surface area contributed by atoms with Crippen molar-refractivity contribution >= 4 is 23.2 Å². The summed E-state index contributed by atoms with van der Waals surface area (Å²) in [5, 5.41) is 9.48. The molecular weight excluding hydrogens is 480 g/mol. The van der Waals surface area contributed by atoms with Crippen molar-refractivity contribution in [3.05, 3.63) is 84.8 Å². The topological polar surface area (TPSA) is 98.1 Å². The van der Waals surface area contributed by atoms with Crippen LogP contribution in [-0.4, -0.2) is 26.6 Å². The number of carbonyl (C=O) groups excluding carboxylic acids is 2. The van der Waals surface area contributed by atoms with Crippen LogP contribution in [0.5, 0.6) is 11.5 Å². The minimum Gasteiger partial charge on any atom is -0.454 e. The number of aryl methyl sites for hydroxylation is 1. The Morgan fingerprint density at radius 1 is 1.00 bits per heavy atom. The molecule has 2 N–H and O–H groups in total. The van der Waals surface area contributed by atoms with Crippen molar-refractivity contribution in [2.75, 3.05) is 10.6 Å². The molecule has 1 aliphatic carbocycles. The third kappa shape index (κ3) is 5.18. The number of rotatable bonds is 8. The molecule has 2 aromatic heterocycles. The molecule has 1 aliphatic rings. The summed E-state index contributed by atoms with van der Waals surface area (Å²) in [4.78, 5) is 29.9. The molecular formula is C27H23F2N5O3. The molecule has 5 rings (SSSR count). The van der Waals surface area contributed by atoms with E-state index in [0.717, 1.165) is 18.2 Å². The number of anilines is 2. The van der Waals surface area contributed by atoms with Crippen LogP contribution in [0.4, 0.5) is 20.2 Å². The molecule has 188 valence electrons. The average Bonchev–Trinajstić information content (AvgIpc) is 3.58. The zero-order chi connectivity index (χ0) is 26.0. The van der Waals surface area contributed by atoms with E-state index >= 15 is 0 Å². The fraction of sp³-hybridized carbons (Fsp3) is 0.185. The van der Waals surface area contributed by atoms with Crippen LogP contribution < -0.4 is 15.4 Å². The predicted octanol–water partition coefficient (Wildman–Crippen LogP) is 5.39. The first-order valence-electron chi connectivity index (χ1n) is 11.7. The number of benzene rings is 2. The van der Waals surface area contributed by atoms with E-state index in [9.17, 15) is 18.4 Å². The second-order valence-electron chi connectivity index (χ2n) is 8.71. The molecule has 2 heterocycles. The van der Waals surface area contributed by atoms with Gasteiger partial charge in [0.05, 0.1) is 11.9 Å². The number of amides is 2. The van der Waals surface area contributed by atoms with Crippen molar-refractivity contribution in [3.63, 3.8) is 0 Å². The van der Waals surface area contributed by atoms with Crippen LogP contribution in [0, 0.1) is 17.0 Å². The van der Waals surface area contributed by atoms with E-state index in [1.54, 1.807) is 29.2 Å². The number of pyridine rings is 1. The molecule has 1 saturated carbocycles. The van der Waals surface area contributed by atoms with Crippen molar-refractivity contribution in [2.24, 2.45) is 5.41 Å². The van der Waals surface area contributed by atoms with Gasteiger partial charge in [-0.05, 0) is 62.2 Å². The molecule has 2 aromatic carbocycles. The van der Waals surface area contributed by atoms with Crippen molar-refractivity contribution < 1.29 is 23.1 Å². The van der Waals surface area contributed by atoms with Gasteiger partial charge in [-0.25, -0.2) is 8.78 Å². The second-order valence-corrected chi connectivity index (χ2v) is 8.71. The summed E-state index contributed by atoms with van der Waals surface area (Å²) >= 11 is 0. The summed E-state index contributed by atoms with van der Waals surface area (Å²) in [5.41, 5.74) is 0.770. The molecule has 0 spiro atoms. The number of aromatic nitrogens is 3. The van der Waals surface area contributed by atoms with E-state index in [1.165, 1.54) is 36.4 Å². The first-order chi connectivity index (χ1) is 17.9. The van der Waals surface area contributed by atoms with E-state index < -0.39 is 28.9 Å². The minimum absolute atomic E-state index is 0.0328. The summed E-state index contributed by atoms with van der Waals surface area (Å²) in [6, 6.07) is 12.6. The number of halogens is 2. The maximum Gasteiger partial charge on any atom is 0.240 e. The highest BCUT2D eigenvalue weighted by atomic mass is 19.1. The molecule has 2 amide bonds. The monoisotopic (exact) mass is 503 g/mol. The van der Waals surface area contributed by atoms with Gasteiger partial charge in [0, 0.05) is 48.0 Å². The Labute approximate surface area is 211 Å². The van der Waals surface area contributed by atoms with E-state index in [1.807, 2.05) is 13.1 Å². The molecule has 0 radical (unpaired) electrons. The molecule has 0 unspecified atom stereocenters. The fourth-order valence-corrected chi connectivity index (χ4v) is 3.81. The van der Waals surface area contributed by atoms with Crippen molar-refractivity contribution in [1.29, 1.82) is 0 Å². The second kappa shape index (κ2) is 9.81. The maximum atomic E-state index is 14.8. The highest BCUT2D eigenvalue weighted by Crippen LogP contribution is 2.47. The summed E-state index contributed by atoms with van der Waals surface area (Å²) in [6.07, 6.45) is 5.83. The Balaban J connectivity index is 1.25. The van der Waals surface area contributed by atoms with E-state index in [-0.39, 0.29) is 11.4 Å². The van der Waals surface area contributed by atoms with Gasteiger partial charge < -0.3 is 15.4 Å². The molecule has 8 nitrogen and oxygen atoms in total. The van der Waals surface area contributed by atoms with Gasteiger partial charge in [-0.1, -0.05) is 0 Å². The van der Waals surface area contributed by atoms with Gasteiger partial charge in [0.15, 0.2) is 11.6 Å². The number of hydrogen-bond acceptors (Lipinski definition) is 5. The summed E-state index contributed by atoms with van der Waals surface area (Å²) in [6.45, 7) is 2.70. The molecule has 0 atom stereocenters. The van der Waals surface area contributed by atoms with Gasteiger partial charge in [-0.3, -0.25) is 19.3 Å². The quantitative estimate of drug-likeness (QED) is 0.314. The van der Waals surface area contributed by atoms with Gasteiger partial charge in [-0.2, -0.15) is 5.10 Å². The van der Waals surface area contributed by atoms with E-state index in [0.29, 0.717) is 30.0 Å². The largest absolute Gasteiger partial charge is 0.454 e. The Morgan fingerprint density at radius 3 is 2.35 bits per heavy atom. The highest BCUT2D eigenvalue weighted by Gasteiger charge is 2.56. The smallest absolute Gasteiger partial charge is 0.240 e. The Kier molecular flexibility index (Phi) is 6.39. The van der Waals surface area contributed by atoms with Crippen molar-refractivity contribution in [3.8, 4) is 22.8 Å². The SMILES string of the molecule is CCn1cc(-c2cc(Oc3ccc(NC(=O)C4(C(=O)Nc5ccc(F)cc5)CC4)cc3F)ccn2)cn1. The minimum atomic E-state index is -1.25. The first-order valence-corrected chi connectivity index (χ1v) is 11.7. The normalized spacial score (nSPS) is 13.6. The van der Waals surface area contributed by atoms with Gasteiger partial charge in [0.1, 0.15) is 17.0 Å². The first kappa shape index (κ1) is 24.1. The Morgan fingerprint density at radius 2 is 1.70 bits per heavy atom. The number of hydrogen-bond donors (Lipinski definition) is 2. The zero-order valence-corrected chi connectivity index (χ0v) is 19.9. The lowest BCUT2D eigenvalue weighted by Gasteiger charge is -2.16. The molecule has 0 bridgehead atoms. The maximum absolute atomic E-state index is 14.8. The van der Waals surface area contributed by atoms with E-state index in [2.05, 4.69) is 20.7 Å². The van der Waals surface area contributed by atoms with Gasteiger partial charge in [0.25, 0.3) is 0 Å². The summed E-state index contributed by atoms with van der Waals surface area (Å²) < 4.78 is 35.4. The molecule has 0 aliphatic heterocycles. The Hall–Kier alpha value is -4.60. The van der Waals surface area contributed by atoms with Crippen LogP contribution >= 0.6 is 0 Å². The molecule has 37 heavy (non-hydrogen) atoms. The van der Waals surface area contributed by atoms with Crippen molar-refractivity contribution in [1.82, 2.24) is 14.8 Å². The van der Waals surface area contributed by atoms with Crippen LogP contribution in [0.25, 0.3) is 11.3 Å². The van der Waals surface area contributed by atoms with Crippen LogP contribution in [-0.2, 0) is 16.1 Å². The number of nitrogens with zero attached hydrogens (tertiary/aromatic N) is 3. The lowest BCUT2D eigenvalue weighted by molar-refractivity contribution is -0.131. The lowest BCUT2D eigenvalue weighted by atomic mass is 10.0. The summed E-state index contributed by atoms with van der Waals surface area (Å²) in [5.74, 6) is -1.79. The van der Waals surface area contributed by atoms with E-state index in [4.69, 9.17) is 4.74 Å². The fourth-order valence-electron chi connectivity index (χ4n) is 3.81. The third-order valence-corrected chi connectivity index (χ3v) is 6.12. The van der Waals surface area contributed by atoms with Gasteiger partial charge in [0.2, 0.25) is 11.8 Å². The molecule has 1 fully saturated rings. The number of nitrogens with one attached hydrogen (secondary N) is 2. The third-order valence-electron chi connectivity index (χ3n) is 6.12. The number of ether oxygens (including phenoxy) is 1. The zero-order valence-electron chi connectivity index (χ0n) is 19.9. The summed E-state index contributed by atoms with van der Waals surface area (Å²) in [7, 11) is 0. The number of carbonyl (C=O) groups is 2. The van der Waals surface area contributed by atoms with Crippen LogP contribution in [0.3, 0.4) is 0 Å². The lowest BCUT2D eigenvalue weighted by Crippen LogP contribution is -2.35. The molecule has 10 heteroatoms. The highest BCUT2D eigenvalue weighted by molar-refractivity contribution is 6.16. The average molecular weight is 504 g/mol. The van der Waals surface area contributed by atoms with Crippen LogP contribution in [0.15, 0.2) is 73.2 Å². The molecule has 4 aromatic rings. The van der Waals surface area contributed by atoms with Crippen LogP contribution in [0.1, 0.15) is 19.8 Å². The Bertz CT molecular complexity index is 1470.